The SMILES string of the molecule is CC[C@H](C)NC(=O)[C@H](Cc1ccccc1)NS(=O)(=O)c1ccccc1. The molecule has 2 aromatic rings. The maximum atomic E-state index is 12.6. The molecule has 2 aromatic carbocycles. The number of hydrogen-bond donors (Lipinski definition) is 2. The Kier molecular flexibility index (Phi) is 6.73. The molecular weight excluding hydrogens is 336 g/mol. The number of rotatable bonds is 8. The molecule has 0 unspecified atom stereocenters. The third kappa shape index (κ3) is 5.69. The van der Waals surface area contributed by atoms with Crippen LogP contribution in [0.5, 0.6) is 0 Å². The van der Waals surface area contributed by atoms with Crippen LogP contribution in [-0.4, -0.2) is 26.4 Å². The van der Waals surface area contributed by atoms with Gasteiger partial charge in [0.05, 0.1) is 4.90 Å². The highest BCUT2D eigenvalue weighted by molar-refractivity contribution is 7.89. The molecule has 1 amide bonds. The second-order valence-electron chi connectivity index (χ2n) is 5.99. The van der Waals surface area contributed by atoms with Crippen LogP contribution in [0.1, 0.15) is 25.8 Å². The monoisotopic (exact) mass is 360 g/mol. The van der Waals surface area contributed by atoms with E-state index in [4.69, 9.17) is 0 Å². The van der Waals surface area contributed by atoms with Crippen LogP contribution in [-0.2, 0) is 21.2 Å². The molecule has 134 valence electrons. The summed E-state index contributed by atoms with van der Waals surface area (Å²) in [5.41, 5.74) is 0.891. The number of benzene rings is 2. The average Bonchev–Trinajstić information content (AvgIpc) is 2.62. The Balaban J connectivity index is 2.23. The minimum atomic E-state index is -3.78. The smallest absolute Gasteiger partial charge is 0.241 e. The predicted octanol–water partition coefficient (Wildman–Crippen LogP) is 2.49. The van der Waals surface area contributed by atoms with Crippen LogP contribution in [0.25, 0.3) is 0 Å². The van der Waals surface area contributed by atoms with Gasteiger partial charge in [0.15, 0.2) is 0 Å². The fourth-order valence-electron chi connectivity index (χ4n) is 2.34. The van der Waals surface area contributed by atoms with Crippen molar-refractivity contribution in [1.29, 1.82) is 0 Å². The molecule has 0 aliphatic carbocycles. The van der Waals surface area contributed by atoms with Crippen LogP contribution in [0.3, 0.4) is 0 Å². The largest absolute Gasteiger partial charge is 0.352 e. The lowest BCUT2D eigenvalue weighted by molar-refractivity contribution is -0.123. The summed E-state index contributed by atoms with van der Waals surface area (Å²) in [6, 6.07) is 16.5. The number of nitrogens with one attached hydrogen (secondary N) is 2. The highest BCUT2D eigenvalue weighted by atomic mass is 32.2. The van der Waals surface area contributed by atoms with E-state index in [-0.39, 0.29) is 23.3 Å². The molecule has 0 saturated carbocycles. The zero-order valence-electron chi connectivity index (χ0n) is 14.5. The van der Waals surface area contributed by atoms with Gasteiger partial charge >= 0.3 is 0 Å². The standard InChI is InChI=1S/C19H24N2O3S/c1-3-15(2)20-19(22)18(14-16-10-6-4-7-11-16)21-25(23,24)17-12-8-5-9-13-17/h4-13,15,18,21H,3,14H2,1-2H3,(H,20,22)/t15-,18-/m0/s1. The van der Waals surface area contributed by atoms with E-state index in [0.717, 1.165) is 12.0 Å². The number of carbonyl (C=O) groups is 1. The summed E-state index contributed by atoms with van der Waals surface area (Å²) in [5, 5.41) is 2.86. The predicted molar refractivity (Wildman–Crippen MR) is 98.6 cm³/mol. The summed E-state index contributed by atoms with van der Waals surface area (Å²) in [4.78, 5) is 12.7. The average molecular weight is 360 g/mol. The second-order valence-corrected chi connectivity index (χ2v) is 7.71. The molecule has 2 N–H and O–H groups in total. The summed E-state index contributed by atoms with van der Waals surface area (Å²) in [6.45, 7) is 3.86. The summed E-state index contributed by atoms with van der Waals surface area (Å²) in [5.74, 6) is -0.322. The normalized spacial score (nSPS) is 13.8. The lowest BCUT2D eigenvalue weighted by Crippen LogP contribution is -2.50. The van der Waals surface area contributed by atoms with Gasteiger partial charge in [0.1, 0.15) is 6.04 Å². The fourth-order valence-corrected chi connectivity index (χ4v) is 3.55. The van der Waals surface area contributed by atoms with Crippen LogP contribution in [0.2, 0.25) is 0 Å². The molecule has 0 aromatic heterocycles. The zero-order valence-corrected chi connectivity index (χ0v) is 15.3. The van der Waals surface area contributed by atoms with E-state index in [0.29, 0.717) is 0 Å². The van der Waals surface area contributed by atoms with Gasteiger partial charge in [0, 0.05) is 6.04 Å². The van der Waals surface area contributed by atoms with Crippen molar-refractivity contribution in [3.05, 3.63) is 66.2 Å². The maximum absolute atomic E-state index is 12.6. The van der Waals surface area contributed by atoms with Crippen molar-refractivity contribution >= 4 is 15.9 Å². The van der Waals surface area contributed by atoms with Gasteiger partial charge in [-0.3, -0.25) is 4.79 Å². The highest BCUT2D eigenvalue weighted by Crippen LogP contribution is 2.11. The molecule has 0 bridgehead atoms. The molecule has 6 heteroatoms. The first-order valence-corrected chi connectivity index (χ1v) is 9.82. The minimum absolute atomic E-state index is 0.0213. The quantitative estimate of drug-likeness (QED) is 0.759. The Morgan fingerprint density at radius 2 is 1.56 bits per heavy atom. The van der Waals surface area contributed by atoms with Crippen molar-refractivity contribution in [2.45, 2.75) is 43.7 Å². The Hall–Kier alpha value is -2.18. The number of amides is 1. The van der Waals surface area contributed by atoms with E-state index in [1.165, 1.54) is 12.1 Å². The summed E-state index contributed by atoms with van der Waals surface area (Å²) >= 11 is 0. The zero-order chi connectivity index (χ0) is 18.3. The Morgan fingerprint density at radius 3 is 2.12 bits per heavy atom. The van der Waals surface area contributed by atoms with Gasteiger partial charge in [-0.1, -0.05) is 55.5 Å². The molecule has 0 radical (unpaired) electrons. The van der Waals surface area contributed by atoms with Crippen LogP contribution >= 0.6 is 0 Å². The van der Waals surface area contributed by atoms with Gasteiger partial charge in [-0.2, -0.15) is 4.72 Å². The van der Waals surface area contributed by atoms with Crippen molar-refractivity contribution in [2.75, 3.05) is 0 Å². The van der Waals surface area contributed by atoms with E-state index in [1.54, 1.807) is 18.2 Å². The molecule has 5 nitrogen and oxygen atoms in total. The van der Waals surface area contributed by atoms with Crippen molar-refractivity contribution in [1.82, 2.24) is 10.0 Å². The van der Waals surface area contributed by atoms with Gasteiger partial charge in [0.25, 0.3) is 0 Å². The molecule has 25 heavy (non-hydrogen) atoms. The van der Waals surface area contributed by atoms with E-state index in [9.17, 15) is 13.2 Å². The lowest BCUT2D eigenvalue weighted by atomic mass is 10.1. The number of sulfonamides is 1. The number of hydrogen-bond acceptors (Lipinski definition) is 3. The molecule has 0 saturated heterocycles. The van der Waals surface area contributed by atoms with Crippen LogP contribution in [0.15, 0.2) is 65.6 Å². The van der Waals surface area contributed by atoms with Crippen LogP contribution in [0.4, 0.5) is 0 Å². The molecule has 2 atom stereocenters. The van der Waals surface area contributed by atoms with E-state index >= 15 is 0 Å². The summed E-state index contributed by atoms with van der Waals surface area (Å²) < 4.78 is 27.8. The Morgan fingerprint density at radius 1 is 1.00 bits per heavy atom. The molecular formula is C19H24N2O3S. The van der Waals surface area contributed by atoms with E-state index < -0.39 is 16.1 Å². The van der Waals surface area contributed by atoms with Crippen molar-refractivity contribution in [2.24, 2.45) is 0 Å². The summed E-state index contributed by atoms with van der Waals surface area (Å²) in [6.07, 6.45) is 1.06. The molecule has 0 heterocycles. The van der Waals surface area contributed by atoms with E-state index in [1.807, 2.05) is 44.2 Å². The Labute approximate surface area is 149 Å². The maximum Gasteiger partial charge on any atom is 0.241 e. The number of carbonyl (C=O) groups excluding carboxylic acids is 1. The third-order valence-electron chi connectivity index (χ3n) is 3.95. The molecule has 0 fully saturated rings. The first-order valence-electron chi connectivity index (χ1n) is 8.34. The van der Waals surface area contributed by atoms with Crippen molar-refractivity contribution in [3.8, 4) is 0 Å². The first-order chi connectivity index (χ1) is 11.9. The van der Waals surface area contributed by atoms with Crippen LogP contribution < -0.4 is 10.0 Å². The summed E-state index contributed by atoms with van der Waals surface area (Å²) in [7, 11) is -3.78. The molecule has 0 aliphatic rings. The van der Waals surface area contributed by atoms with Gasteiger partial charge in [-0.25, -0.2) is 8.42 Å². The molecule has 2 rings (SSSR count). The van der Waals surface area contributed by atoms with Gasteiger partial charge in [-0.05, 0) is 37.5 Å². The minimum Gasteiger partial charge on any atom is -0.352 e. The van der Waals surface area contributed by atoms with Gasteiger partial charge in [0.2, 0.25) is 15.9 Å². The lowest BCUT2D eigenvalue weighted by Gasteiger charge is -2.21. The molecule has 0 aliphatic heterocycles. The van der Waals surface area contributed by atoms with E-state index in [2.05, 4.69) is 10.0 Å². The van der Waals surface area contributed by atoms with Crippen molar-refractivity contribution in [3.63, 3.8) is 0 Å². The Bertz CT molecular complexity index is 777. The van der Waals surface area contributed by atoms with Gasteiger partial charge in [-0.15, -0.1) is 0 Å². The topological polar surface area (TPSA) is 75.3 Å². The first kappa shape index (κ1) is 19.1. The molecule has 0 spiro atoms. The van der Waals surface area contributed by atoms with Crippen molar-refractivity contribution < 1.29 is 13.2 Å². The fraction of sp³-hybridized carbons (Fsp3) is 0.316. The second kappa shape index (κ2) is 8.78. The van der Waals surface area contributed by atoms with Crippen LogP contribution in [0, 0.1) is 0 Å². The van der Waals surface area contributed by atoms with Gasteiger partial charge < -0.3 is 5.32 Å². The third-order valence-corrected chi connectivity index (χ3v) is 5.44. The highest BCUT2D eigenvalue weighted by Gasteiger charge is 2.26.